The van der Waals surface area contributed by atoms with Gasteiger partial charge in [0.25, 0.3) is 5.91 Å². The van der Waals surface area contributed by atoms with Gasteiger partial charge in [0.1, 0.15) is 11.6 Å². The van der Waals surface area contributed by atoms with Crippen LogP contribution in [0.3, 0.4) is 0 Å². The van der Waals surface area contributed by atoms with E-state index in [4.69, 9.17) is 4.42 Å². The van der Waals surface area contributed by atoms with E-state index < -0.39 is 11.7 Å². The molecule has 0 aliphatic heterocycles. The van der Waals surface area contributed by atoms with Crippen molar-refractivity contribution in [2.24, 2.45) is 0 Å². The third kappa shape index (κ3) is 4.90. The van der Waals surface area contributed by atoms with Gasteiger partial charge >= 0.3 is 5.63 Å². The molecule has 2 aromatic carbocycles. The lowest BCUT2D eigenvalue weighted by Gasteiger charge is -2.19. The Morgan fingerprint density at radius 3 is 2.31 bits per heavy atom. The van der Waals surface area contributed by atoms with E-state index in [1.807, 2.05) is 12.1 Å². The summed E-state index contributed by atoms with van der Waals surface area (Å²) in [6.07, 6.45) is 0. The van der Waals surface area contributed by atoms with Crippen LogP contribution in [-0.4, -0.2) is 17.9 Å². The molecule has 0 aliphatic rings. The summed E-state index contributed by atoms with van der Waals surface area (Å²) in [5.41, 5.74) is 2.19. The minimum absolute atomic E-state index is 0.00454. The molecule has 150 valence electrons. The lowest BCUT2D eigenvalue weighted by Crippen LogP contribution is -2.41. The summed E-state index contributed by atoms with van der Waals surface area (Å²) < 4.78 is 5.07. The highest BCUT2D eigenvalue weighted by Gasteiger charge is 2.18. The van der Waals surface area contributed by atoms with E-state index in [1.54, 1.807) is 43.3 Å². The van der Waals surface area contributed by atoms with Crippen molar-refractivity contribution in [2.45, 2.75) is 39.2 Å². The summed E-state index contributed by atoms with van der Waals surface area (Å²) in [4.78, 5) is 36.1. The van der Waals surface area contributed by atoms with E-state index in [2.05, 4.69) is 31.4 Å². The first-order valence-electron chi connectivity index (χ1n) is 9.40. The van der Waals surface area contributed by atoms with Gasteiger partial charge in [0.2, 0.25) is 5.91 Å². The van der Waals surface area contributed by atoms with Crippen LogP contribution >= 0.6 is 0 Å². The van der Waals surface area contributed by atoms with Gasteiger partial charge in [-0.15, -0.1) is 0 Å². The van der Waals surface area contributed by atoms with Crippen LogP contribution in [0.4, 0.5) is 5.69 Å². The maximum Gasteiger partial charge on any atom is 0.336 e. The first-order valence-corrected chi connectivity index (χ1v) is 9.40. The highest BCUT2D eigenvalue weighted by atomic mass is 16.4. The molecule has 0 aliphatic carbocycles. The second kappa shape index (κ2) is 7.91. The Morgan fingerprint density at radius 2 is 1.66 bits per heavy atom. The molecule has 1 aromatic heterocycles. The average molecular weight is 392 g/mol. The molecule has 6 nitrogen and oxygen atoms in total. The SMILES string of the molecule is CC(NC(=O)c1ccc(C(C)(C)C)cc1)C(=O)Nc1ccc2oc(=O)ccc2c1. The number of nitrogens with one attached hydrogen (secondary N) is 2. The van der Waals surface area contributed by atoms with Crippen LogP contribution in [0.5, 0.6) is 0 Å². The molecule has 0 saturated heterocycles. The number of benzene rings is 2. The van der Waals surface area contributed by atoms with Crippen LogP contribution in [-0.2, 0) is 10.2 Å². The zero-order valence-electron chi connectivity index (χ0n) is 16.9. The van der Waals surface area contributed by atoms with Gasteiger partial charge in [-0.05, 0) is 54.3 Å². The second-order valence-electron chi connectivity index (χ2n) is 8.02. The zero-order valence-corrected chi connectivity index (χ0v) is 16.9. The molecule has 1 heterocycles. The van der Waals surface area contributed by atoms with Crippen molar-refractivity contribution >= 4 is 28.5 Å². The van der Waals surface area contributed by atoms with E-state index in [0.717, 1.165) is 5.56 Å². The Kier molecular flexibility index (Phi) is 5.55. The smallest absolute Gasteiger partial charge is 0.336 e. The second-order valence-corrected chi connectivity index (χ2v) is 8.02. The maximum absolute atomic E-state index is 12.5. The fourth-order valence-corrected chi connectivity index (χ4v) is 2.87. The molecular weight excluding hydrogens is 368 g/mol. The predicted octanol–water partition coefficient (Wildman–Crippen LogP) is 3.85. The van der Waals surface area contributed by atoms with Crippen molar-refractivity contribution in [3.05, 3.63) is 76.1 Å². The molecule has 1 unspecified atom stereocenters. The van der Waals surface area contributed by atoms with Gasteiger partial charge in [0.05, 0.1) is 0 Å². The quantitative estimate of drug-likeness (QED) is 0.660. The minimum atomic E-state index is -0.728. The molecule has 2 N–H and O–H groups in total. The summed E-state index contributed by atoms with van der Waals surface area (Å²) in [7, 11) is 0. The van der Waals surface area contributed by atoms with Crippen LogP contribution < -0.4 is 16.3 Å². The Morgan fingerprint density at radius 1 is 0.966 bits per heavy atom. The summed E-state index contributed by atoms with van der Waals surface area (Å²) >= 11 is 0. The van der Waals surface area contributed by atoms with E-state index in [-0.39, 0.29) is 17.2 Å². The van der Waals surface area contributed by atoms with E-state index in [0.29, 0.717) is 22.2 Å². The number of fused-ring (bicyclic) bond motifs is 1. The Balaban J connectivity index is 1.65. The predicted molar refractivity (Wildman–Crippen MR) is 113 cm³/mol. The zero-order chi connectivity index (χ0) is 21.2. The Hall–Kier alpha value is -3.41. The maximum atomic E-state index is 12.5. The van der Waals surface area contributed by atoms with Gasteiger partial charge < -0.3 is 15.1 Å². The fourth-order valence-electron chi connectivity index (χ4n) is 2.87. The van der Waals surface area contributed by atoms with Crippen molar-refractivity contribution in [3.63, 3.8) is 0 Å². The Labute approximate surface area is 168 Å². The molecule has 0 saturated carbocycles. The third-order valence-corrected chi connectivity index (χ3v) is 4.64. The summed E-state index contributed by atoms with van der Waals surface area (Å²) in [5, 5.41) is 6.16. The molecule has 2 amide bonds. The molecule has 3 rings (SSSR count). The highest BCUT2D eigenvalue weighted by molar-refractivity contribution is 6.01. The summed E-state index contributed by atoms with van der Waals surface area (Å²) in [6, 6.07) is 14.6. The average Bonchev–Trinajstić information content (AvgIpc) is 2.67. The van der Waals surface area contributed by atoms with Crippen molar-refractivity contribution in [1.82, 2.24) is 5.32 Å². The molecule has 0 fully saturated rings. The fraction of sp³-hybridized carbons (Fsp3) is 0.261. The molecule has 1 atom stereocenters. The number of hydrogen-bond acceptors (Lipinski definition) is 4. The van der Waals surface area contributed by atoms with Gasteiger partial charge in [-0.2, -0.15) is 0 Å². The molecular formula is C23H24N2O4. The molecule has 0 bridgehead atoms. The van der Waals surface area contributed by atoms with Crippen molar-refractivity contribution in [1.29, 1.82) is 0 Å². The van der Waals surface area contributed by atoms with Crippen molar-refractivity contribution in [3.8, 4) is 0 Å². The lowest BCUT2D eigenvalue weighted by molar-refractivity contribution is -0.117. The van der Waals surface area contributed by atoms with Gasteiger partial charge in [0.15, 0.2) is 0 Å². The number of rotatable bonds is 4. The number of carbonyl (C=O) groups is 2. The van der Waals surface area contributed by atoms with Gasteiger partial charge in [-0.1, -0.05) is 32.9 Å². The topological polar surface area (TPSA) is 88.4 Å². The lowest BCUT2D eigenvalue weighted by atomic mass is 9.86. The standard InChI is InChI=1S/C23H24N2O4/c1-14(24-22(28)15-5-8-17(9-6-15)23(2,3)4)21(27)25-18-10-11-19-16(13-18)7-12-20(26)29-19/h5-14H,1-4H3,(H,24,28)(H,25,27). The monoisotopic (exact) mass is 392 g/mol. The number of amides is 2. The van der Waals surface area contributed by atoms with Gasteiger partial charge in [0, 0.05) is 22.7 Å². The van der Waals surface area contributed by atoms with Crippen LogP contribution in [0.2, 0.25) is 0 Å². The molecule has 6 heteroatoms. The van der Waals surface area contributed by atoms with Crippen LogP contribution in [0.1, 0.15) is 43.6 Å². The third-order valence-electron chi connectivity index (χ3n) is 4.64. The largest absolute Gasteiger partial charge is 0.423 e. The number of carbonyl (C=O) groups excluding carboxylic acids is 2. The molecule has 3 aromatic rings. The number of hydrogen-bond donors (Lipinski definition) is 2. The van der Waals surface area contributed by atoms with Crippen molar-refractivity contribution < 1.29 is 14.0 Å². The minimum Gasteiger partial charge on any atom is -0.423 e. The van der Waals surface area contributed by atoms with Crippen LogP contribution in [0.15, 0.2) is 63.8 Å². The van der Waals surface area contributed by atoms with Gasteiger partial charge in [-0.3, -0.25) is 9.59 Å². The van der Waals surface area contributed by atoms with E-state index in [9.17, 15) is 14.4 Å². The Bertz CT molecular complexity index is 1110. The first kappa shape index (κ1) is 20.3. The highest BCUT2D eigenvalue weighted by Crippen LogP contribution is 2.22. The first-order chi connectivity index (χ1) is 13.6. The van der Waals surface area contributed by atoms with Crippen LogP contribution in [0.25, 0.3) is 11.0 Å². The summed E-state index contributed by atoms with van der Waals surface area (Å²) in [6.45, 7) is 7.94. The van der Waals surface area contributed by atoms with E-state index in [1.165, 1.54) is 6.07 Å². The molecule has 0 radical (unpaired) electrons. The van der Waals surface area contributed by atoms with Crippen LogP contribution in [0, 0.1) is 0 Å². The number of anilines is 1. The van der Waals surface area contributed by atoms with Crippen molar-refractivity contribution in [2.75, 3.05) is 5.32 Å². The summed E-state index contributed by atoms with van der Waals surface area (Å²) in [5.74, 6) is -0.658. The molecule has 29 heavy (non-hydrogen) atoms. The normalized spacial score (nSPS) is 12.4. The van der Waals surface area contributed by atoms with E-state index >= 15 is 0 Å². The molecule has 0 spiro atoms. The van der Waals surface area contributed by atoms with Gasteiger partial charge in [-0.25, -0.2) is 4.79 Å².